The van der Waals surface area contributed by atoms with Gasteiger partial charge < -0.3 is 8.85 Å². The van der Waals surface area contributed by atoms with Gasteiger partial charge in [-0.2, -0.15) is 0 Å². The number of hydrogen-bond acceptors (Lipinski definition) is 3. The number of rotatable bonds is 38. The van der Waals surface area contributed by atoms with E-state index in [9.17, 15) is 0 Å². The first-order chi connectivity index (χ1) is 33.6. The Morgan fingerprint density at radius 3 is 0.768 bits per heavy atom. The molecule has 0 aliphatic carbocycles. The van der Waals surface area contributed by atoms with E-state index in [1.807, 2.05) is 0 Å². The highest BCUT2D eigenvalue weighted by atomic mass is 35.5. The Hall–Kier alpha value is -2.23. The fourth-order valence-electron chi connectivity index (χ4n) is 11.4. The highest BCUT2D eigenvalue weighted by molar-refractivity contribution is 6.81. The minimum Gasteiger partial charge on any atom is -0.372 e. The maximum Gasteiger partial charge on any atom is 0.248 e. The Morgan fingerprint density at radius 2 is 0.565 bits per heavy atom. The van der Waals surface area contributed by atoms with Crippen LogP contribution in [0.3, 0.4) is 0 Å². The van der Waals surface area contributed by atoms with E-state index in [0.717, 1.165) is 154 Å². The molecule has 0 spiro atoms. The summed E-state index contributed by atoms with van der Waals surface area (Å²) in [6.07, 6.45) is 25.2. The van der Waals surface area contributed by atoms with Crippen LogP contribution in [0.4, 0.5) is 0 Å². The molecule has 0 aliphatic heterocycles. The summed E-state index contributed by atoms with van der Waals surface area (Å²) in [6, 6.07) is 43.7. The van der Waals surface area contributed by atoms with Crippen LogP contribution < -0.4 is 20.7 Å². The fraction of sp³-hybridized carbons (Fsp3) is 0.613. The van der Waals surface area contributed by atoms with Gasteiger partial charge in [0.15, 0.2) is 0 Å². The number of unbranched alkanes of at least 4 members (excludes halogenated alkanes) is 8. The Morgan fingerprint density at radius 1 is 0.348 bits per heavy atom. The van der Waals surface area contributed by atoms with E-state index in [1.54, 1.807) is 0 Å². The lowest BCUT2D eigenvalue weighted by atomic mass is 9.63. The van der Waals surface area contributed by atoms with Crippen molar-refractivity contribution in [1.82, 2.24) is 0 Å². The molecule has 4 rings (SSSR count). The molecule has 69 heavy (non-hydrogen) atoms. The third-order valence-electron chi connectivity index (χ3n) is 15.5. The van der Waals surface area contributed by atoms with Crippen LogP contribution >= 0.6 is 23.2 Å². The number of hydrogen-bond donors (Lipinski definition) is 0. The van der Waals surface area contributed by atoms with Gasteiger partial charge in [-0.25, -0.2) is 0 Å². The molecule has 0 fully saturated rings. The highest BCUT2D eigenvalue weighted by Crippen LogP contribution is 2.62. The zero-order valence-electron chi connectivity index (χ0n) is 44.8. The van der Waals surface area contributed by atoms with E-state index in [2.05, 4.69) is 177 Å². The zero-order chi connectivity index (χ0) is 49.9. The van der Waals surface area contributed by atoms with Crippen LogP contribution in [0, 0.1) is 22.7 Å². The Bertz CT molecular complexity index is 1640. The predicted octanol–water partition coefficient (Wildman–Crippen LogP) is 16.6. The molecule has 4 aromatic rings. The number of alkyl halides is 2. The Balaban J connectivity index is 2.30. The first-order valence-electron chi connectivity index (χ1n) is 28.2. The van der Waals surface area contributed by atoms with Gasteiger partial charge in [-0.05, 0) is 83.9 Å². The second kappa shape index (κ2) is 32.1. The van der Waals surface area contributed by atoms with Crippen molar-refractivity contribution >= 4 is 62.0 Å². The van der Waals surface area contributed by atoms with Gasteiger partial charge in [-0.3, -0.25) is 4.74 Å². The van der Waals surface area contributed by atoms with Gasteiger partial charge in [-0.1, -0.05) is 303 Å². The fourth-order valence-corrected chi connectivity index (χ4v) is 17.7. The molecular weight excluding hydrogens is 920 g/mol. The van der Waals surface area contributed by atoms with E-state index in [-0.39, 0.29) is 11.8 Å². The lowest BCUT2D eigenvalue weighted by Crippen LogP contribution is -2.66. The standard InChI is InChI=1S/C62H96Cl2O3Si2/c1-9-17-37-53(38-18-10-2)59(49-21-13-5,50-22-14-6)61(63,66-68(55-41-29-25-30-42-55)56-43-31-26-32-44-56)65-62(64,67-69(57-45-33-27-34-46-57)58-47-35-28-36-48-58)60(51-23-15-7,52-24-16-8)54(39-19-11-3)40-20-12-4/h25-36,41-48,53-54,68-69H,9-24,37-40,49-52H2,1-8H3. The van der Waals surface area contributed by atoms with Gasteiger partial charge in [-0.15, -0.1) is 0 Å². The molecule has 2 atom stereocenters. The predicted molar refractivity (Wildman–Crippen MR) is 307 cm³/mol. The summed E-state index contributed by atoms with van der Waals surface area (Å²) in [5.74, 6) is 0.506. The highest BCUT2D eigenvalue weighted by Gasteiger charge is 2.65. The van der Waals surface area contributed by atoms with Gasteiger partial charge in [0.25, 0.3) is 0 Å². The molecule has 0 radical (unpaired) electrons. The summed E-state index contributed by atoms with van der Waals surface area (Å²) in [4.78, 5) is 0. The van der Waals surface area contributed by atoms with E-state index < -0.39 is 39.4 Å². The van der Waals surface area contributed by atoms with E-state index >= 15 is 0 Å². The molecule has 0 amide bonds. The molecule has 0 aromatic heterocycles. The topological polar surface area (TPSA) is 27.7 Å². The smallest absolute Gasteiger partial charge is 0.248 e. The molecule has 0 saturated heterocycles. The van der Waals surface area contributed by atoms with Crippen molar-refractivity contribution in [2.45, 2.75) is 220 Å². The maximum absolute atomic E-state index is 9.17. The van der Waals surface area contributed by atoms with Crippen LogP contribution in [-0.2, 0) is 13.6 Å². The summed E-state index contributed by atoms with van der Waals surface area (Å²) in [6.45, 7) is 18.7. The van der Waals surface area contributed by atoms with Crippen LogP contribution in [0.5, 0.6) is 0 Å². The molecule has 0 saturated carbocycles. The van der Waals surface area contributed by atoms with Crippen LogP contribution in [0.2, 0.25) is 0 Å². The second-order valence-corrected chi connectivity index (χ2v) is 26.2. The van der Waals surface area contributed by atoms with Crippen molar-refractivity contribution in [1.29, 1.82) is 0 Å². The average Bonchev–Trinajstić information content (AvgIpc) is 3.39. The molecule has 0 aliphatic rings. The lowest BCUT2D eigenvalue weighted by Gasteiger charge is -2.59. The van der Waals surface area contributed by atoms with Crippen molar-refractivity contribution in [3.05, 3.63) is 121 Å². The summed E-state index contributed by atoms with van der Waals surface area (Å²) in [5.41, 5.74) is -1.16. The van der Waals surface area contributed by atoms with Crippen LogP contribution in [-0.4, -0.2) is 28.6 Å². The molecular formula is C62H96Cl2O3Si2. The van der Waals surface area contributed by atoms with Crippen LogP contribution in [0.1, 0.15) is 209 Å². The van der Waals surface area contributed by atoms with E-state index in [4.69, 9.17) is 36.8 Å². The minimum absolute atomic E-state index is 0.253. The molecule has 0 N–H and O–H groups in total. The van der Waals surface area contributed by atoms with Gasteiger partial charge in [0.05, 0.1) is 0 Å². The summed E-state index contributed by atoms with van der Waals surface area (Å²) in [5, 5.41) is 1.44. The largest absolute Gasteiger partial charge is 0.372 e. The second-order valence-electron chi connectivity index (χ2n) is 20.5. The van der Waals surface area contributed by atoms with E-state index in [1.165, 1.54) is 20.7 Å². The minimum atomic E-state index is -2.60. The molecule has 4 aromatic carbocycles. The quantitative estimate of drug-likeness (QED) is 0.0254. The normalized spacial score (nSPS) is 14.2. The monoisotopic (exact) mass is 1010 g/mol. The third-order valence-corrected chi connectivity index (χ3v) is 22.0. The molecule has 384 valence electrons. The Labute approximate surface area is 437 Å². The Kier molecular flexibility index (Phi) is 27.6. The molecule has 0 bridgehead atoms. The van der Waals surface area contributed by atoms with Crippen molar-refractivity contribution in [3.63, 3.8) is 0 Å². The van der Waals surface area contributed by atoms with Gasteiger partial charge in [0.2, 0.25) is 28.6 Å². The third kappa shape index (κ3) is 16.4. The number of ether oxygens (including phenoxy) is 1. The maximum atomic E-state index is 9.17. The summed E-state index contributed by atoms with van der Waals surface area (Å²) in [7, 11) is -5.21. The first kappa shape index (κ1) is 59.3. The van der Waals surface area contributed by atoms with Crippen molar-refractivity contribution < 1.29 is 13.6 Å². The lowest BCUT2D eigenvalue weighted by molar-refractivity contribution is -0.336. The zero-order valence-corrected chi connectivity index (χ0v) is 48.6. The van der Waals surface area contributed by atoms with Gasteiger partial charge in [0.1, 0.15) is 0 Å². The SMILES string of the molecule is CCCCC(CCCC)C(CCCC)(CCCC)C(Cl)(O[SiH](c1ccccc1)c1ccccc1)OC(Cl)(O[SiH](c1ccccc1)c1ccccc1)C(CCCC)(CCCC)C(CCCC)CCCC. The number of halogens is 2. The summed E-state index contributed by atoms with van der Waals surface area (Å²) < 4.78 is 25.1. The average molecular weight is 1020 g/mol. The van der Waals surface area contributed by atoms with Crippen LogP contribution in [0.15, 0.2) is 121 Å². The number of benzene rings is 4. The molecule has 0 heterocycles. The van der Waals surface area contributed by atoms with Gasteiger partial charge >= 0.3 is 0 Å². The van der Waals surface area contributed by atoms with Crippen molar-refractivity contribution in [2.24, 2.45) is 22.7 Å². The van der Waals surface area contributed by atoms with Crippen molar-refractivity contribution in [3.8, 4) is 0 Å². The molecule has 3 nitrogen and oxygen atoms in total. The van der Waals surface area contributed by atoms with Gasteiger partial charge in [0, 0.05) is 10.8 Å². The van der Waals surface area contributed by atoms with Crippen LogP contribution in [0.25, 0.3) is 0 Å². The molecule has 7 heteroatoms. The molecule has 2 unspecified atom stereocenters. The first-order valence-corrected chi connectivity index (χ1v) is 32.3. The van der Waals surface area contributed by atoms with Crippen molar-refractivity contribution in [2.75, 3.05) is 0 Å². The van der Waals surface area contributed by atoms with E-state index in [0.29, 0.717) is 0 Å². The summed E-state index contributed by atoms with van der Waals surface area (Å²) >= 11 is 18.3.